The molecule has 2 rings (SSSR count). The zero-order valence-corrected chi connectivity index (χ0v) is 12.5. The molecule has 5 nitrogen and oxygen atoms in total. The van der Waals surface area contributed by atoms with Crippen LogP contribution in [0.2, 0.25) is 0 Å². The lowest BCUT2D eigenvalue weighted by atomic mass is 9.97. The number of halogens is 1. The molecule has 112 valence electrons. The summed E-state index contributed by atoms with van der Waals surface area (Å²) in [4.78, 5) is 12.1. The highest BCUT2D eigenvalue weighted by molar-refractivity contribution is 8.00. The van der Waals surface area contributed by atoms with Gasteiger partial charge < -0.3 is 0 Å². The van der Waals surface area contributed by atoms with E-state index in [1.54, 1.807) is 17.8 Å². The molecule has 1 aliphatic heterocycles. The van der Waals surface area contributed by atoms with Gasteiger partial charge in [-0.25, -0.2) is 0 Å². The topological polar surface area (TPSA) is 70.2 Å². The number of hydrogen-bond acceptors (Lipinski definition) is 5. The van der Waals surface area contributed by atoms with Crippen molar-refractivity contribution >= 4 is 17.4 Å². The number of thioether (sulfide) groups is 1. The van der Waals surface area contributed by atoms with E-state index in [-0.39, 0.29) is 4.75 Å². The number of hydrogen-bond donors (Lipinski definition) is 0. The number of nitro benzene ring substituents is 1. The van der Waals surface area contributed by atoms with E-state index in [1.165, 1.54) is 12.1 Å². The van der Waals surface area contributed by atoms with E-state index in [4.69, 9.17) is 0 Å². The maximum atomic E-state index is 14.0. The van der Waals surface area contributed by atoms with Crippen molar-refractivity contribution in [1.82, 2.24) is 4.90 Å². The monoisotopic (exact) mass is 309 g/mol. The van der Waals surface area contributed by atoms with Crippen LogP contribution in [0, 0.1) is 27.3 Å². The van der Waals surface area contributed by atoms with Crippen molar-refractivity contribution < 1.29 is 9.31 Å². The van der Waals surface area contributed by atoms with Gasteiger partial charge in [0.1, 0.15) is 4.75 Å². The van der Waals surface area contributed by atoms with E-state index in [0.717, 1.165) is 12.8 Å². The minimum atomic E-state index is -0.760. The second kappa shape index (κ2) is 6.41. The molecule has 1 fully saturated rings. The quantitative estimate of drug-likeness (QED) is 0.631. The summed E-state index contributed by atoms with van der Waals surface area (Å²) >= 11 is 1.56. The number of likely N-dealkylation sites (tertiary alicyclic amines) is 1. The molecule has 0 atom stereocenters. The van der Waals surface area contributed by atoms with E-state index in [9.17, 15) is 19.8 Å². The lowest BCUT2D eigenvalue weighted by Gasteiger charge is -2.36. The average molecular weight is 309 g/mol. The Bertz CT molecular complexity index is 580. The van der Waals surface area contributed by atoms with Crippen LogP contribution >= 0.6 is 11.8 Å². The van der Waals surface area contributed by atoms with Crippen LogP contribution in [0.1, 0.15) is 18.4 Å². The van der Waals surface area contributed by atoms with Gasteiger partial charge in [0.05, 0.1) is 11.0 Å². The Hall–Kier alpha value is -1.65. The molecule has 21 heavy (non-hydrogen) atoms. The maximum absolute atomic E-state index is 14.0. The molecule has 7 heteroatoms. The fourth-order valence-electron chi connectivity index (χ4n) is 2.50. The van der Waals surface area contributed by atoms with Crippen LogP contribution in [0.3, 0.4) is 0 Å². The molecule has 0 bridgehead atoms. The minimum absolute atomic E-state index is 0.331. The van der Waals surface area contributed by atoms with Gasteiger partial charge >= 0.3 is 5.69 Å². The van der Waals surface area contributed by atoms with Crippen molar-refractivity contribution in [2.24, 2.45) is 0 Å². The number of piperidine rings is 1. The Labute approximate surface area is 126 Å². The van der Waals surface area contributed by atoms with Gasteiger partial charge in [-0.05, 0) is 19.1 Å². The van der Waals surface area contributed by atoms with Gasteiger partial charge in [0.25, 0.3) is 0 Å². The van der Waals surface area contributed by atoms with E-state index in [1.807, 2.05) is 11.2 Å². The predicted molar refractivity (Wildman–Crippen MR) is 79.4 cm³/mol. The summed E-state index contributed by atoms with van der Waals surface area (Å²) < 4.78 is 13.7. The van der Waals surface area contributed by atoms with Gasteiger partial charge in [0.2, 0.25) is 5.82 Å². The van der Waals surface area contributed by atoms with Crippen molar-refractivity contribution in [3.8, 4) is 6.07 Å². The maximum Gasteiger partial charge on any atom is 0.305 e. The second-order valence-corrected chi connectivity index (χ2v) is 6.28. The zero-order valence-electron chi connectivity index (χ0n) is 11.7. The molecule has 0 aliphatic carbocycles. The largest absolute Gasteiger partial charge is 0.305 e. The first kappa shape index (κ1) is 15.7. The van der Waals surface area contributed by atoms with Crippen LogP contribution in [-0.4, -0.2) is 33.9 Å². The Kier molecular flexibility index (Phi) is 4.80. The normalized spacial score (nSPS) is 18.1. The van der Waals surface area contributed by atoms with Gasteiger partial charge in [0.15, 0.2) is 0 Å². The third kappa shape index (κ3) is 3.34. The Morgan fingerprint density at radius 3 is 2.71 bits per heavy atom. The second-order valence-electron chi connectivity index (χ2n) is 5.09. The van der Waals surface area contributed by atoms with Gasteiger partial charge in [-0.2, -0.15) is 9.65 Å². The summed E-state index contributed by atoms with van der Waals surface area (Å²) in [7, 11) is 0. The van der Waals surface area contributed by atoms with Gasteiger partial charge in [-0.1, -0.05) is 12.1 Å². The first-order chi connectivity index (χ1) is 10.0. The molecule has 1 heterocycles. The first-order valence-corrected chi connectivity index (χ1v) is 7.84. The Balaban J connectivity index is 2.06. The fourth-order valence-corrected chi connectivity index (χ4v) is 3.19. The van der Waals surface area contributed by atoms with Crippen LogP contribution in [0.25, 0.3) is 0 Å². The lowest BCUT2D eigenvalue weighted by Crippen LogP contribution is -2.41. The molecular weight excluding hydrogens is 293 g/mol. The number of nitro groups is 1. The van der Waals surface area contributed by atoms with Crippen LogP contribution < -0.4 is 0 Å². The van der Waals surface area contributed by atoms with Crippen molar-refractivity contribution in [2.75, 3.05) is 19.3 Å². The van der Waals surface area contributed by atoms with Gasteiger partial charge in [0, 0.05) is 31.3 Å². The summed E-state index contributed by atoms with van der Waals surface area (Å²) in [5.41, 5.74) is -0.155. The highest BCUT2D eigenvalue weighted by atomic mass is 32.2. The minimum Gasteiger partial charge on any atom is -0.299 e. The fraction of sp³-hybridized carbons (Fsp3) is 0.500. The van der Waals surface area contributed by atoms with E-state index >= 15 is 0 Å². The van der Waals surface area contributed by atoms with E-state index in [0.29, 0.717) is 25.2 Å². The number of nitriles is 1. The van der Waals surface area contributed by atoms with Crippen LogP contribution in [0.5, 0.6) is 0 Å². The summed E-state index contributed by atoms with van der Waals surface area (Å²) in [5, 5.41) is 20.0. The van der Waals surface area contributed by atoms with Gasteiger partial charge in [-0.15, -0.1) is 11.8 Å². The molecule has 0 N–H and O–H groups in total. The summed E-state index contributed by atoms with van der Waals surface area (Å²) in [6, 6.07) is 6.60. The summed E-state index contributed by atoms with van der Waals surface area (Å²) in [6.07, 6.45) is 3.38. The molecule has 0 spiro atoms. The molecule has 0 aromatic heterocycles. The molecular formula is C14H16FN3O2S. The molecule has 1 saturated heterocycles. The van der Waals surface area contributed by atoms with Crippen LogP contribution in [0.15, 0.2) is 18.2 Å². The average Bonchev–Trinajstić information content (AvgIpc) is 2.50. The van der Waals surface area contributed by atoms with Crippen LogP contribution in [-0.2, 0) is 6.54 Å². The molecule has 0 radical (unpaired) electrons. The van der Waals surface area contributed by atoms with E-state index in [2.05, 4.69) is 6.07 Å². The van der Waals surface area contributed by atoms with Crippen molar-refractivity contribution in [3.05, 3.63) is 39.7 Å². The SMILES string of the molecule is CSC1(C#N)CCN(Cc2cccc([N+](=O)[O-])c2F)CC1. The number of rotatable bonds is 4. The Morgan fingerprint density at radius 1 is 1.52 bits per heavy atom. The van der Waals surface area contributed by atoms with Crippen molar-refractivity contribution in [2.45, 2.75) is 24.1 Å². The summed E-state index contributed by atoms with van der Waals surface area (Å²) in [5.74, 6) is -0.760. The molecule has 0 amide bonds. The molecule has 1 aliphatic rings. The zero-order chi connectivity index (χ0) is 15.5. The standard InChI is InChI=1S/C14H16FN3O2S/c1-21-14(10-16)5-7-17(8-6-14)9-11-3-2-4-12(13(11)15)18(19)20/h2-4H,5-9H2,1H3. The van der Waals surface area contributed by atoms with Crippen molar-refractivity contribution in [3.63, 3.8) is 0 Å². The smallest absolute Gasteiger partial charge is 0.299 e. The lowest BCUT2D eigenvalue weighted by molar-refractivity contribution is -0.387. The van der Waals surface area contributed by atoms with Gasteiger partial charge in [-0.3, -0.25) is 15.0 Å². The first-order valence-electron chi connectivity index (χ1n) is 6.62. The number of nitrogens with zero attached hydrogens (tertiary/aromatic N) is 3. The number of benzene rings is 1. The third-order valence-corrected chi connectivity index (χ3v) is 5.19. The molecule has 0 unspecified atom stereocenters. The molecule has 1 aromatic carbocycles. The highest BCUT2D eigenvalue weighted by Gasteiger charge is 2.34. The third-order valence-electron chi connectivity index (χ3n) is 3.91. The van der Waals surface area contributed by atoms with Crippen LogP contribution in [0.4, 0.5) is 10.1 Å². The molecule has 1 aromatic rings. The Morgan fingerprint density at radius 2 is 2.19 bits per heavy atom. The van der Waals surface area contributed by atoms with E-state index < -0.39 is 16.4 Å². The molecule has 0 saturated carbocycles. The predicted octanol–water partition coefficient (Wildman–Crippen LogP) is 2.96. The summed E-state index contributed by atoms with van der Waals surface area (Å²) in [6.45, 7) is 1.72. The highest BCUT2D eigenvalue weighted by Crippen LogP contribution is 2.34. The van der Waals surface area contributed by atoms with Crippen molar-refractivity contribution in [1.29, 1.82) is 5.26 Å².